The van der Waals surface area contributed by atoms with Crippen LogP contribution in [0, 0.1) is 25.2 Å². The van der Waals surface area contributed by atoms with Crippen molar-refractivity contribution in [3.63, 3.8) is 0 Å². The first-order valence-corrected chi connectivity index (χ1v) is 8.80. The Morgan fingerprint density at radius 3 is 2.87 bits per heavy atom. The van der Waals surface area contributed by atoms with Gasteiger partial charge in [-0.2, -0.15) is 5.26 Å². The maximum atomic E-state index is 12.4. The van der Waals surface area contributed by atoms with Crippen LogP contribution >= 0.6 is 11.3 Å². The summed E-state index contributed by atoms with van der Waals surface area (Å²) in [6.07, 6.45) is 4.65. The number of nitrogens with zero attached hydrogens (tertiary/aromatic N) is 1. The lowest BCUT2D eigenvalue weighted by atomic mass is 9.96. The minimum Gasteiger partial charge on any atom is -0.316 e. The van der Waals surface area contributed by atoms with Crippen molar-refractivity contribution in [1.82, 2.24) is 0 Å². The molecule has 0 bridgehead atoms. The van der Waals surface area contributed by atoms with Crippen molar-refractivity contribution >= 4 is 22.2 Å². The van der Waals surface area contributed by atoms with Gasteiger partial charge >= 0.3 is 0 Å². The van der Waals surface area contributed by atoms with E-state index in [4.69, 9.17) is 0 Å². The number of nitriles is 1. The first-order valence-electron chi connectivity index (χ1n) is 7.99. The number of anilines is 1. The molecule has 1 aliphatic rings. The lowest BCUT2D eigenvalue weighted by Gasteiger charge is -2.09. The molecule has 0 unspecified atom stereocenters. The van der Waals surface area contributed by atoms with Crippen LogP contribution in [0.15, 0.2) is 18.2 Å². The molecule has 0 atom stereocenters. The van der Waals surface area contributed by atoms with Gasteiger partial charge in [0.2, 0.25) is 5.91 Å². The molecule has 23 heavy (non-hydrogen) atoms. The first kappa shape index (κ1) is 15.8. The van der Waals surface area contributed by atoms with Crippen LogP contribution in [0.4, 0.5) is 5.00 Å². The molecule has 0 saturated heterocycles. The van der Waals surface area contributed by atoms with Gasteiger partial charge in [0, 0.05) is 4.88 Å². The second-order valence-corrected chi connectivity index (χ2v) is 7.29. The van der Waals surface area contributed by atoms with Crippen molar-refractivity contribution in [2.24, 2.45) is 0 Å². The number of amides is 1. The van der Waals surface area contributed by atoms with Crippen molar-refractivity contribution in [2.75, 3.05) is 5.32 Å². The summed E-state index contributed by atoms with van der Waals surface area (Å²) in [5.74, 6) is -0.0474. The quantitative estimate of drug-likeness (QED) is 0.915. The predicted octanol–water partition coefficient (Wildman–Crippen LogP) is 4.30. The molecule has 0 aliphatic heterocycles. The van der Waals surface area contributed by atoms with Crippen LogP contribution in [0.5, 0.6) is 0 Å². The minimum atomic E-state index is -0.0474. The average Bonchev–Trinajstić information content (AvgIpc) is 2.87. The van der Waals surface area contributed by atoms with Gasteiger partial charge in [0.15, 0.2) is 0 Å². The summed E-state index contributed by atoms with van der Waals surface area (Å²) in [7, 11) is 0. The third-order valence-electron chi connectivity index (χ3n) is 4.39. The average molecular weight is 324 g/mol. The molecule has 4 heteroatoms. The summed E-state index contributed by atoms with van der Waals surface area (Å²) in [4.78, 5) is 13.7. The third-order valence-corrected chi connectivity index (χ3v) is 5.60. The lowest BCUT2D eigenvalue weighted by Crippen LogP contribution is -2.15. The monoisotopic (exact) mass is 324 g/mol. The number of carbonyl (C=O) groups is 1. The van der Waals surface area contributed by atoms with Crippen molar-refractivity contribution in [3.05, 3.63) is 50.9 Å². The van der Waals surface area contributed by atoms with Crippen LogP contribution in [-0.2, 0) is 24.1 Å². The number of rotatable bonds is 3. The van der Waals surface area contributed by atoms with E-state index in [-0.39, 0.29) is 5.91 Å². The van der Waals surface area contributed by atoms with E-state index in [1.54, 1.807) is 11.3 Å². The van der Waals surface area contributed by atoms with E-state index in [9.17, 15) is 10.1 Å². The second-order valence-electron chi connectivity index (χ2n) is 6.18. The van der Waals surface area contributed by atoms with E-state index in [1.807, 2.05) is 19.9 Å². The van der Waals surface area contributed by atoms with Crippen molar-refractivity contribution in [1.29, 1.82) is 5.26 Å². The second kappa shape index (κ2) is 6.55. The van der Waals surface area contributed by atoms with Crippen molar-refractivity contribution in [3.8, 4) is 6.07 Å². The van der Waals surface area contributed by atoms with Crippen LogP contribution in [0.1, 0.15) is 45.5 Å². The van der Waals surface area contributed by atoms with Gasteiger partial charge < -0.3 is 5.32 Å². The van der Waals surface area contributed by atoms with Gasteiger partial charge in [-0.05, 0) is 56.2 Å². The Labute approximate surface area is 141 Å². The van der Waals surface area contributed by atoms with Gasteiger partial charge in [0.25, 0.3) is 0 Å². The van der Waals surface area contributed by atoms with Crippen LogP contribution in [0.25, 0.3) is 0 Å². The minimum absolute atomic E-state index is 0.0474. The largest absolute Gasteiger partial charge is 0.316 e. The van der Waals surface area contributed by atoms with Gasteiger partial charge in [0.1, 0.15) is 11.1 Å². The highest BCUT2D eigenvalue weighted by Crippen LogP contribution is 2.37. The maximum Gasteiger partial charge on any atom is 0.229 e. The van der Waals surface area contributed by atoms with Crippen LogP contribution in [-0.4, -0.2) is 5.91 Å². The zero-order valence-corrected chi connectivity index (χ0v) is 14.3. The lowest BCUT2D eigenvalue weighted by molar-refractivity contribution is -0.115. The Morgan fingerprint density at radius 2 is 2.09 bits per heavy atom. The summed E-state index contributed by atoms with van der Waals surface area (Å²) in [6.45, 7) is 4.05. The maximum absolute atomic E-state index is 12.4. The van der Waals surface area contributed by atoms with E-state index in [1.165, 1.54) is 11.3 Å². The van der Waals surface area contributed by atoms with Crippen molar-refractivity contribution in [2.45, 2.75) is 46.0 Å². The summed E-state index contributed by atoms with van der Waals surface area (Å²) < 4.78 is 0. The molecule has 0 saturated carbocycles. The Hall–Kier alpha value is -2.12. The molecule has 1 amide bonds. The van der Waals surface area contributed by atoms with E-state index >= 15 is 0 Å². The molecule has 1 aromatic carbocycles. The Morgan fingerprint density at radius 1 is 1.30 bits per heavy atom. The van der Waals surface area contributed by atoms with E-state index < -0.39 is 0 Å². The topological polar surface area (TPSA) is 52.9 Å². The fourth-order valence-corrected chi connectivity index (χ4v) is 4.36. The third kappa shape index (κ3) is 3.30. The molecule has 1 N–H and O–H groups in total. The highest BCUT2D eigenvalue weighted by molar-refractivity contribution is 7.16. The van der Waals surface area contributed by atoms with Gasteiger partial charge in [-0.3, -0.25) is 4.79 Å². The molecule has 0 fully saturated rings. The molecular weight excluding hydrogens is 304 g/mol. The van der Waals surface area contributed by atoms with E-state index in [0.717, 1.165) is 46.5 Å². The zero-order valence-electron chi connectivity index (χ0n) is 13.5. The molecule has 3 nitrogen and oxygen atoms in total. The summed E-state index contributed by atoms with van der Waals surface area (Å²) >= 11 is 1.58. The molecule has 0 radical (unpaired) electrons. The van der Waals surface area contributed by atoms with Gasteiger partial charge in [0.05, 0.1) is 12.0 Å². The number of fused-ring (bicyclic) bond motifs is 1. The van der Waals surface area contributed by atoms with Crippen LogP contribution < -0.4 is 5.32 Å². The number of benzene rings is 1. The number of carbonyl (C=O) groups excluding carboxylic acids is 1. The summed E-state index contributed by atoms with van der Waals surface area (Å²) in [6, 6.07) is 8.44. The molecular formula is C19H20N2OS. The molecule has 2 aromatic rings. The van der Waals surface area contributed by atoms with Crippen molar-refractivity contribution < 1.29 is 4.79 Å². The fraction of sp³-hybridized carbons (Fsp3) is 0.368. The number of hydrogen-bond donors (Lipinski definition) is 1. The molecule has 1 heterocycles. The zero-order chi connectivity index (χ0) is 16.4. The smallest absolute Gasteiger partial charge is 0.229 e. The standard InChI is InChI=1S/C19H20N2OS/c1-12-7-8-13(2)14(9-12)10-18(22)21-19-16(11-20)15-5-3-4-6-17(15)23-19/h7-9H,3-6,10H2,1-2H3,(H,21,22). The molecule has 1 aliphatic carbocycles. The summed E-state index contributed by atoms with van der Waals surface area (Å²) in [5, 5.41) is 13.2. The van der Waals surface area contributed by atoms with Crippen LogP contribution in [0.2, 0.25) is 0 Å². The number of aryl methyl sites for hydroxylation is 3. The number of nitrogens with one attached hydrogen (secondary N) is 1. The van der Waals surface area contributed by atoms with E-state index in [0.29, 0.717) is 12.0 Å². The first-order chi connectivity index (χ1) is 11.1. The number of thiophene rings is 1. The molecule has 118 valence electrons. The van der Waals surface area contributed by atoms with Gasteiger partial charge in [-0.1, -0.05) is 23.8 Å². The molecule has 0 spiro atoms. The molecule has 1 aromatic heterocycles. The Bertz CT molecular complexity index is 798. The Balaban J connectivity index is 1.79. The fourth-order valence-electron chi connectivity index (χ4n) is 3.11. The Kier molecular flexibility index (Phi) is 4.49. The van der Waals surface area contributed by atoms with Gasteiger partial charge in [-0.15, -0.1) is 11.3 Å². The predicted molar refractivity (Wildman–Crippen MR) is 93.9 cm³/mol. The normalized spacial score (nSPS) is 13.3. The number of hydrogen-bond acceptors (Lipinski definition) is 3. The highest BCUT2D eigenvalue weighted by atomic mass is 32.1. The molecule has 3 rings (SSSR count). The SMILES string of the molecule is Cc1ccc(C)c(CC(=O)Nc2sc3c(c2C#N)CCCC3)c1. The van der Waals surface area contributed by atoms with Gasteiger partial charge in [-0.25, -0.2) is 0 Å². The summed E-state index contributed by atoms with van der Waals surface area (Å²) in [5.41, 5.74) is 5.16. The van der Waals surface area contributed by atoms with Crippen LogP contribution in [0.3, 0.4) is 0 Å². The van der Waals surface area contributed by atoms with E-state index in [2.05, 4.69) is 23.5 Å². The highest BCUT2D eigenvalue weighted by Gasteiger charge is 2.21.